The van der Waals surface area contributed by atoms with Gasteiger partial charge in [-0.3, -0.25) is 4.79 Å². The first-order valence-electron chi connectivity index (χ1n) is 4.07. The predicted molar refractivity (Wildman–Crippen MR) is 58.2 cm³/mol. The summed E-state index contributed by atoms with van der Waals surface area (Å²) in [6.45, 7) is 0.317. The van der Waals surface area contributed by atoms with Gasteiger partial charge in [0.05, 0.1) is 12.1 Å². The molecule has 0 amide bonds. The molecule has 0 unspecified atom stereocenters. The van der Waals surface area contributed by atoms with Crippen molar-refractivity contribution < 1.29 is 9.90 Å². The molecule has 0 aliphatic heterocycles. The number of rotatable bonds is 3. The van der Waals surface area contributed by atoms with Crippen LogP contribution in [0.1, 0.15) is 10.4 Å². The standard InChI is InChI=1S/C10H13NO2.ClH/c1-11(2)7-10(13)8-5-3-4-6-9(8)12;/h3-6,12H,7H2,1-2H3;1H. The normalized spacial score (nSPS) is 9.64. The van der Waals surface area contributed by atoms with Gasteiger partial charge in [-0.2, -0.15) is 0 Å². The van der Waals surface area contributed by atoms with Crippen molar-refractivity contribution in [3.63, 3.8) is 0 Å². The molecular formula is C10H14ClNO2. The van der Waals surface area contributed by atoms with Crippen molar-refractivity contribution in [3.8, 4) is 5.75 Å². The third kappa shape index (κ3) is 3.36. The minimum atomic E-state index is -0.0666. The SMILES string of the molecule is CN(C)CC(=O)c1ccccc1O.Cl. The number of aromatic hydroxyl groups is 1. The largest absolute Gasteiger partial charge is 0.507 e. The van der Waals surface area contributed by atoms with Crippen LogP contribution in [0.5, 0.6) is 5.75 Å². The smallest absolute Gasteiger partial charge is 0.180 e. The summed E-state index contributed by atoms with van der Waals surface area (Å²) in [5.41, 5.74) is 0.385. The van der Waals surface area contributed by atoms with Crippen molar-refractivity contribution >= 4 is 18.2 Å². The highest BCUT2D eigenvalue weighted by atomic mass is 35.5. The van der Waals surface area contributed by atoms with Crippen molar-refractivity contribution in [2.24, 2.45) is 0 Å². The third-order valence-corrected chi connectivity index (χ3v) is 1.66. The topological polar surface area (TPSA) is 40.5 Å². The van der Waals surface area contributed by atoms with Crippen LogP contribution in [0.15, 0.2) is 24.3 Å². The monoisotopic (exact) mass is 215 g/mol. The van der Waals surface area contributed by atoms with Crippen molar-refractivity contribution in [3.05, 3.63) is 29.8 Å². The van der Waals surface area contributed by atoms with Gasteiger partial charge in [-0.25, -0.2) is 0 Å². The number of hydrogen-bond donors (Lipinski definition) is 1. The van der Waals surface area contributed by atoms with E-state index in [0.717, 1.165) is 0 Å². The van der Waals surface area contributed by atoms with Crippen molar-refractivity contribution in [2.75, 3.05) is 20.6 Å². The number of ketones is 1. The zero-order chi connectivity index (χ0) is 9.84. The van der Waals surface area contributed by atoms with Crippen LogP contribution in [0.4, 0.5) is 0 Å². The number of para-hydroxylation sites is 1. The Labute approximate surface area is 89.8 Å². The lowest BCUT2D eigenvalue weighted by atomic mass is 10.1. The molecule has 1 aromatic rings. The summed E-state index contributed by atoms with van der Waals surface area (Å²) >= 11 is 0. The zero-order valence-electron chi connectivity index (χ0n) is 8.23. The molecule has 78 valence electrons. The molecule has 14 heavy (non-hydrogen) atoms. The van der Waals surface area contributed by atoms with E-state index in [-0.39, 0.29) is 23.9 Å². The van der Waals surface area contributed by atoms with Gasteiger partial charge in [-0.05, 0) is 26.2 Å². The number of likely N-dealkylation sites (N-methyl/N-ethyl adjacent to an activating group) is 1. The fourth-order valence-corrected chi connectivity index (χ4v) is 1.08. The Bertz CT molecular complexity index is 313. The number of nitrogens with zero attached hydrogens (tertiary/aromatic N) is 1. The van der Waals surface area contributed by atoms with E-state index in [0.29, 0.717) is 12.1 Å². The Hall–Kier alpha value is -1.06. The number of Topliss-reactive ketones (excluding diaryl/α,β-unsaturated/α-hetero) is 1. The van der Waals surface area contributed by atoms with Crippen LogP contribution >= 0.6 is 12.4 Å². The van der Waals surface area contributed by atoms with Crippen LogP contribution in [0.3, 0.4) is 0 Å². The molecule has 1 rings (SSSR count). The summed E-state index contributed by atoms with van der Waals surface area (Å²) in [6.07, 6.45) is 0. The van der Waals surface area contributed by atoms with Crippen molar-refractivity contribution in [1.82, 2.24) is 4.90 Å². The van der Waals surface area contributed by atoms with Crippen LogP contribution in [-0.4, -0.2) is 36.4 Å². The van der Waals surface area contributed by atoms with E-state index in [9.17, 15) is 9.90 Å². The van der Waals surface area contributed by atoms with Gasteiger partial charge >= 0.3 is 0 Å². The first kappa shape index (κ1) is 12.9. The molecule has 1 aromatic carbocycles. The Kier molecular flexibility index (Phi) is 5.20. The van der Waals surface area contributed by atoms with E-state index in [4.69, 9.17) is 0 Å². The van der Waals surface area contributed by atoms with Crippen LogP contribution in [0.25, 0.3) is 0 Å². The van der Waals surface area contributed by atoms with Gasteiger partial charge in [0, 0.05) is 0 Å². The summed E-state index contributed by atoms with van der Waals surface area (Å²) < 4.78 is 0. The first-order valence-corrected chi connectivity index (χ1v) is 4.07. The molecule has 0 aliphatic rings. The molecule has 0 atom stereocenters. The number of carbonyl (C=O) groups is 1. The fourth-order valence-electron chi connectivity index (χ4n) is 1.08. The van der Waals surface area contributed by atoms with Gasteiger partial charge in [0.15, 0.2) is 5.78 Å². The molecule has 1 N–H and O–H groups in total. The van der Waals surface area contributed by atoms with E-state index >= 15 is 0 Å². The van der Waals surface area contributed by atoms with Crippen LogP contribution in [-0.2, 0) is 0 Å². The average Bonchev–Trinajstić information content (AvgIpc) is 2.03. The van der Waals surface area contributed by atoms with E-state index in [2.05, 4.69) is 0 Å². The van der Waals surface area contributed by atoms with Crippen LogP contribution in [0, 0.1) is 0 Å². The fraction of sp³-hybridized carbons (Fsp3) is 0.300. The van der Waals surface area contributed by atoms with Gasteiger partial charge in [-0.15, -0.1) is 12.4 Å². The Morgan fingerprint density at radius 2 is 1.93 bits per heavy atom. The van der Waals surface area contributed by atoms with E-state index in [1.807, 2.05) is 14.1 Å². The maximum absolute atomic E-state index is 11.5. The maximum Gasteiger partial charge on any atom is 0.180 e. The minimum Gasteiger partial charge on any atom is -0.507 e. The van der Waals surface area contributed by atoms with Gasteiger partial charge in [0.2, 0.25) is 0 Å². The highest BCUT2D eigenvalue weighted by Gasteiger charge is 2.10. The second-order valence-corrected chi connectivity index (χ2v) is 3.18. The summed E-state index contributed by atoms with van der Waals surface area (Å²) in [5, 5.41) is 9.35. The molecule has 0 aliphatic carbocycles. The second kappa shape index (κ2) is 5.62. The van der Waals surface area contributed by atoms with Gasteiger partial charge in [0.1, 0.15) is 5.75 Å². The quantitative estimate of drug-likeness (QED) is 0.778. The number of phenolic OH excluding ortho intramolecular Hbond substituents is 1. The lowest BCUT2D eigenvalue weighted by Gasteiger charge is -2.08. The highest BCUT2D eigenvalue weighted by Crippen LogP contribution is 2.15. The van der Waals surface area contributed by atoms with Gasteiger partial charge in [0.25, 0.3) is 0 Å². The first-order chi connectivity index (χ1) is 6.11. The van der Waals surface area contributed by atoms with Gasteiger partial charge < -0.3 is 10.0 Å². The third-order valence-electron chi connectivity index (χ3n) is 1.66. The van der Waals surface area contributed by atoms with Crippen molar-refractivity contribution in [2.45, 2.75) is 0 Å². The molecular weight excluding hydrogens is 202 g/mol. The lowest BCUT2D eigenvalue weighted by molar-refractivity contribution is 0.0955. The van der Waals surface area contributed by atoms with Crippen LogP contribution < -0.4 is 0 Å². The van der Waals surface area contributed by atoms with Crippen LogP contribution in [0.2, 0.25) is 0 Å². The molecule has 4 heteroatoms. The molecule has 0 fully saturated rings. The number of hydrogen-bond acceptors (Lipinski definition) is 3. The summed E-state index contributed by atoms with van der Waals surface area (Å²) in [4.78, 5) is 13.2. The summed E-state index contributed by atoms with van der Waals surface area (Å²) in [6, 6.07) is 6.58. The number of halogens is 1. The maximum atomic E-state index is 11.5. The van der Waals surface area contributed by atoms with Crippen molar-refractivity contribution in [1.29, 1.82) is 0 Å². The number of carbonyl (C=O) groups excluding carboxylic acids is 1. The Balaban J connectivity index is 0.00000169. The number of benzene rings is 1. The molecule has 0 heterocycles. The Morgan fingerprint density at radius 3 is 2.43 bits per heavy atom. The minimum absolute atomic E-state index is 0. The molecule has 0 radical (unpaired) electrons. The Morgan fingerprint density at radius 1 is 1.36 bits per heavy atom. The second-order valence-electron chi connectivity index (χ2n) is 3.18. The van der Waals surface area contributed by atoms with E-state index in [1.54, 1.807) is 23.1 Å². The molecule has 3 nitrogen and oxygen atoms in total. The molecule has 0 saturated carbocycles. The predicted octanol–water partition coefficient (Wildman–Crippen LogP) is 1.56. The summed E-state index contributed by atoms with van der Waals surface area (Å²) in [7, 11) is 3.63. The molecule has 0 spiro atoms. The highest BCUT2D eigenvalue weighted by molar-refractivity contribution is 5.99. The van der Waals surface area contributed by atoms with Gasteiger partial charge in [-0.1, -0.05) is 12.1 Å². The van der Waals surface area contributed by atoms with E-state index < -0.39 is 0 Å². The summed E-state index contributed by atoms with van der Waals surface area (Å²) in [5.74, 6) is -0.0162. The average molecular weight is 216 g/mol. The lowest BCUT2D eigenvalue weighted by Crippen LogP contribution is -2.21. The molecule has 0 aromatic heterocycles. The zero-order valence-corrected chi connectivity index (χ0v) is 9.04. The number of phenols is 1. The molecule has 0 bridgehead atoms. The molecule has 0 saturated heterocycles. The van der Waals surface area contributed by atoms with E-state index in [1.165, 1.54) is 6.07 Å².